The number of aliphatic hydroxyl groups is 1. The molecule has 3 aliphatic heterocycles. The van der Waals surface area contributed by atoms with E-state index in [1.807, 2.05) is 26.8 Å². The van der Waals surface area contributed by atoms with Crippen molar-refractivity contribution in [3.63, 3.8) is 0 Å². The Balaban J connectivity index is 1.20. The number of rotatable bonds is 27. The van der Waals surface area contributed by atoms with Gasteiger partial charge in [0.15, 0.2) is 5.78 Å². The Morgan fingerprint density at radius 3 is 2.29 bits per heavy atom. The summed E-state index contributed by atoms with van der Waals surface area (Å²) in [4.78, 5) is 136. The number of fused-ring (bicyclic) bond motifs is 5. The van der Waals surface area contributed by atoms with Crippen LogP contribution in [0.5, 0.6) is 5.75 Å². The van der Waals surface area contributed by atoms with Gasteiger partial charge in [-0.1, -0.05) is 80.4 Å². The van der Waals surface area contributed by atoms with Crippen LogP contribution in [0.2, 0.25) is 5.02 Å². The summed E-state index contributed by atoms with van der Waals surface area (Å²) in [7, 11) is 8.84. The van der Waals surface area contributed by atoms with Crippen LogP contribution in [-0.2, 0) is 81.5 Å². The number of carbonyl (C=O) groups is 10. The average molecular weight is 1280 g/mol. The van der Waals surface area contributed by atoms with E-state index in [0.717, 1.165) is 11.1 Å². The lowest BCUT2D eigenvalue weighted by Crippen LogP contribution is -2.53. The van der Waals surface area contributed by atoms with Crippen molar-refractivity contribution >= 4 is 76.5 Å². The zero-order valence-electron chi connectivity index (χ0n) is 54.0. The number of Topliss-reactive ketones (excluding diaryl/α,β-unsaturated/α-hetero) is 2. The fourth-order valence-corrected chi connectivity index (χ4v) is 11.5. The number of allylic oxidation sites excluding steroid dienone is 3. The van der Waals surface area contributed by atoms with Gasteiger partial charge in [0.1, 0.15) is 58.7 Å². The van der Waals surface area contributed by atoms with Crippen LogP contribution in [-0.4, -0.2) is 177 Å². The minimum Gasteiger partial charge on any atom is -0.495 e. The van der Waals surface area contributed by atoms with Crippen LogP contribution in [0.15, 0.2) is 60.2 Å². The monoisotopic (exact) mass is 1280 g/mol. The van der Waals surface area contributed by atoms with Crippen LogP contribution in [0.4, 0.5) is 15.3 Å². The first-order chi connectivity index (χ1) is 42.4. The third-order valence-electron chi connectivity index (χ3n) is 17.2. The van der Waals surface area contributed by atoms with Gasteiger partial charge < -0.3 is 69.9 Å². The molecule has 90 heavy (non-hydrogen) atoms. The number of primary amides is 1. The quantitative estimate of drug-likeness (QED) is 0.0296. The maximum atomic E-state index is 14.4. The maximum Gasteiger partial charge on any atom is 0.409 e. The van der Waals surface area contributed by atoms with E-state index in [-0.39, 0.29) is 93.1 Å². The highest BCUT2D eigenvalue weighted by Crippen LogP contribution is 2.50. The highest BCUT2D eigenvalue weighted by Gasteiger charge is 2.64. The summed E-state index contributed by atoms with van der Waals surface area (Å²) in [6, 6.07) is 7.40. The van der Waals surface area contributed by atoms with E-state index < -0.39 is 108 Å². The summed E-state index contributed by atoms with van der Waals surface area (Å²) in [6.45, 7) is 10.4. The Morgan fingerprint density at radius 1 is 0.967 bits per heavy atom. The number of halogens is 1. The lowest BCUT2D eigenvalue weighted by Gasteiger charge is -2.41. The second-order valence-electron chi connectivity index (χ2n) is 24.4. The summed E-state index contributed by atoms with van der Waals surface area (Å²) in [5, 5.41) is 20.1. The summed E-state index contributed by atoms with van der Waals surface area (Å²) in [6.07, 6.45) is 2.17. The predicted octanol–water partition coefficient (Wildman–Crippen LogP) is 6.01. The molecule has 2 aromatic carbocycles. The highest BCUT2D eigenvalue weighted by molar-refractivity contribution is 6.35. The van der Waals surface area contributed by atoms with Crippen LogP contribution < -0.4 is 31.3 Å². The van der Waals surface area contributed by atoms with Crippen molar-refractivity contribution in [2.45, 2.75) is 179 Å². The fourth-order valence-electron chi connectivity index (χ4n) is 11.2. The first-order valence-corrected chi connectivity index (χ1v) is 30.9. The van der Waals surface area contributed by atoms with Crippen molar-refractivity contribution in [2.24, 2.45) is 23.5 Å². The number of epoxide rings is 1. The molecule has 0 spiro atoms. The van der Waals surface area contributed by atoms with Crippen LogP contribution in [0.1, 0.15) is 129 Å². The molecule has 0 saturated carbocycles. The smallest absolute Gasteiger partial charge is 0.409 e. The molecule has 0 aromatic heterocycles. The number of nitrogens with one attached hydrogen (secondary N) is 3. The lowest BCUT2D eigenvalue weighted by molar-refractivity contribution is -0.187. The number of nitrogens with two attached hydrogens (primary N) is 1. The zero-order valence-corrected chi connectivity index (χ0v) is 54.7. The number of amides is 7. The van der Waals surface area contributed by atoms with Gasteiger partial charge in [0.05, 0.1) is 37.8 Å². The normalized spacial score (nSPS) is 23.7. The van der Waals surface area contributed by atoms with Crippen molar-refractivity contribution in [1.82, 2.24) is 25.8 Å². The number of esters is 2. The second-order valence-corrected chi connectivity index (χ2v) is 24.8. The number of hydrogen-bond acceptors (Lipinski definition) is 17. The Bertz CT molecular complexity index is 2970. The number of likely N-dealkylation sites (N-methyl/N-ethyl adjacent to an activating group) is 1. The number of ketones is 2. The van der Waals surface area contributed by atoms with E-state index in [2.05, 4.69) is 16.0 Å². The van der Waals surface area contributed by atoms with E-state index in [1.54, 1.807) is 69.4 Å². The summed E-state index contributed by atoms with van der Waals surface area (Å²) >= 11 is 6.84. The SMILES string of the molecule is CNC(=O)CCCCC(=O)C[C@H](C(=O)N[C@@H](CCCNC(N)=O)C(=O)Cc1ccc(COC(=O)N(C)CCC(=O)N(C)[C@@H](C)C(=O)O[C@H]2CC(=O)N(C)c3cc(cc(OC)c3Cl)C/C(C)=C/C=C/[C@@H](OC)[C@]3(O)CC(=O)O[C@@H](C3)[C@@H](C)[C@@H]3O[C@@]23C)cc1)C(C)C. The minimum atomic E-state index is -1.66. The molecule has 0 aliphatic carbocycles. The summed E-state index contributed by atoms with van der Waals surface area (Å²) in [5.41, 5.74) is 5.43. The van der Waals surface area contributed by atoms with Crippen molar-refractivity contribution in [2.75, 3.05) is 60.4 Å². The van der Waals surface area contributed by atoms with Gasteiger partial charge in [-0.3, -0.25) is 33.6 Å². The number of methoxy groups -OCH3 is 2. The summed E-state index contributed by atoms with van der Waals surface area (Å²) in [5.74, 6) is -4.71. The molecule has 3 heterocycles. The van der Waals surface area contributed by atoms with Gasteiger partial charge >= 0.3 is 24.1 Å². The number of ether oxygens (including phenoxy) is 6. The molecule has 2 aromatic rings. The highest BCUT2D eigenvalue weighted by atomic mass is 35.5. The molecule has 0 radical (unpaired) electrons. The molecule has 0 unspecified atom stereocenters. The Morgan fingerprint density at radius 2 is 1.64 bits per heavy atom. The Hall–Kier alpha value is -7.41. The van der Waals surface area contributed by atoms with Gasteiger partial charge in [-0.25, -0.2) is 14.4 Å². The molecule has 2 fully saturated rings. The van der Waals surface area contributed by atoms with Crippen LogP contribution in [0.25, 0.3) is 0 Å². The van der Waals surface area contributed by atoms with Gasteiger partial charge in [0.25, 0.3) is 0 Å². The van der Waals surface area contributed by atoms with E-state index in [1.165, 1.54) is 57.0 Å². The standard InChI is InChI=1S/C65H92ClN7O17/c1-38(2)46(33-45(74)18-13-14-21-54(76)68-7)60(80)70-47(19-16-27-69-62(67)82)49(75)31-42-22-24-43(25-23-42)37-87-63(83)71(8)28-26-55(77)72(9)41(5)61(81)89-53-34-56(78)73(10)48-30-44(32-50(85-11)58(48)66)29-39(3)17-15-20-52(86-12)65(84)35-51(88-57(79)36-65)40(4)59-64(53,6)90-59/h15,17,20,22-25,30,32,38,40-41,46-47,51-53,59,84H,13-14,16,18-19,21,26-29,31,33-37H2,1-12H3,(H,68,76)(H,70,80)(H3,67,69,82)/b20-15+,39-17+/t40-,41+,46+,47+,51+,52-,53+,59+,64+,65-/m1/s1. The predicted molar refractivity (Wildman–Crippen MR) is 334 cm³/mol. The average Bonchev–Trinajstić information content (AvgIpc) is 1.58. The number of anilines is 1. The summed E-state index contributed by atoms with van der Waals surface area (Å²) < 4.78 is 35.2. The van der Waals surface area contributed by atoms with Crippen molar-refractivity contribution in [1.29, 1.82) is 0 Å². The Labute approximate surface area is 532 Å². The molecule has 10 atom stereocenters. The number of benzene rings is 2. The molecule has 5 rings (SSSR count). The molecule has 6 N–H and O–H groups in total. The van der Waals surface area contributed by atoms with Gasteiger partial charge in [0.2, 0.25) is 23.6 Å². The van der Waals surface area contributed by atoms with Crippen LogP contribution >= 0.6 is 11.6 Å². The third kappa shape index (κ3) is 20.6. The number of urea groups is 1. The molecule has 2 saturated heterocycles. The minimum absolute atomic E-state index is 0.0122. The third-order valence-corrected chi connectivity index (χ3v) is 17.5. The molecule has 4 bridgehead atoms. The van der Waals surface area contributed by atoms with E-state index in [4.69, 9.17) is 45.8 Å². The van der Waals surface area contributed by atoms with Crippen LogP contribution in [0.3, 0.4) is 0 Å². The molecule has 24 nitrogen and oxygen atoms in total. The first kappa shape index (κ1) is 73.3. The topological polar surface area (TPSA) is 321 Å². The first-order valence-electron chi connectivity index (χ1n) is 30.5. The van der Waals surface area contributed by atoms with E-state index in [9.17, 15) is 53.1 Å². The van der Waals surface area contributed by atoms with Gasteiger partial charge in [-0.2, -0.15) is 0 Å². The molecule has 7 amide bonds. The zero-order chi connectivity index (χ0) is 66.8. The Kier molecular flexibility index (Phi) is 27.4. The molecule has 496 valence electrons. The van der Waals surface area contributed by atoms with Gasteiger partial charge in [0, 0.05) is 98.8 Å². The lowest BCUT2D eigenvalue weighted by atomic mass is 9.78. The van der Waals surface area contributed by atoms with Crippen molar-refractivity contribution in [3.8, 4) is 5.75 Å². The van der Waals surface area contributed by atoms with Gasteiger partial charge in [-0.05, 0) is 87.6 Å². The number of nitrogens with zero attached hydrogens (tertiary/aromatic N) is 3. The number of unbranched alkanes of at least 4 members (excludes halogenated alkanes) is 1. The van der Waals surface area contributed by atoms with Crippen molar-refractivity contribution < 1.29 is 81.5 Å². The molecule has 25 heteroatoms. The van der Waals surface area contributed by atoms with E-state index in [0.29, 0.717) is 54.7 Å². The fraction of sp³-hybridized carbons (Fsp3) is 0.600. The van der Waals surface area contributed by atoms with Crippen molar-refractivity contribution in [3.05, 3.63) is 81.9 Å². The molecular formula is C65H92ClN7O17. The number of carbonyl (C=O) groups excluding carboxylic acids is 10. The molecular weight excluding hydrogens is 1190 g/mol. The maximum absolute atomic E-state index is 14.4. The molecule has 3 aliphatic rings. The number of hydrogen-bond donors (Lipinski definition) is 5. The largest absolute Gasteiger partial charge is 0.495 e. The van der Waals surface area contributed by atoms with Gasteiger partial charge in [-0.15, -0.1) is 0 Å². The second kappa shape index (κ2) is 33.6. The van der Waals surface area contributed by atoms with Crippen LogP contribution in [0, 0.1) is 17.8 Å². The van der Waals surface area contributed by atoms with E-state index >= 15 is 0 Å².